The molecule has 5 heteroatoms. The van der Waals surface area contributed by atoms with Gasteiger partial charge in [0.05, 0.1) is 6.04 Å². The van der Waals surface area contributed by atoms with Gasteiger partial charge in [0.25, 0.3) is 0 Å². The molecule has 0 saturated carbocycles. The van der Waals surface area contributed by atoms with Crippen molar-refractivity contribution in [2.45, 2.75) is 19.1 Å². The van der Waals surface area contributed by atoms with E-state index in [2.05, 4.69) is 10.1 Å². The Balaban J connectivity index is 2.29. The predicted molar refractivity (Wildman–Crippen MR) is 62.2 cm³/mol. The van der Waals surface area contributed by atoms with Crippen molar-refractivity contribution in [2.24, 2.45) is 5.73 Å². The number of benzene rings is 1. The lowest BCUT2D eigenvalue weighted by Crippen LogP contribution is -2.08. The lowest BCUT2D eigenvalue weighted by molar-refractivity contribution is 0.126. The second kappa shape index (κ2) is 5.07. The summed E-state index contributed by atoms with van der Waals surface area (Å²) in [5.74, 6) is 0.906. The third-order valence-electron chi connectivity index (χ3n) is 2.42. The van der Waals surface area contributed by atoms with E-state index in [1.165, 1.54) is 0 Å². The van der Waals surface area contributed by atoms with Gasteiger partial charge in [-0.15, -0.1) is 0 Å². The number of hydrogen-bond donors (Lipinski definition) is 1. The molecule has 0 aliphatic heterocycles. The van der Waals surface area contributed by atoms with Crippen LogP contribution < -0.4 is 5.73 Å². The Morgan fingerprint density at radius 2 is 2.00 bits per heavy atom. The molecule has 2 aromatic rings. The Morgan fingerprint density at radius 1 is 1.29 bits per heavy atom. The first-order valence-corrected chi connectivity index (χ1v) is 5.39. The first kappa shape index (κ1) is 11.8. The zero-order valence-electron chi connectivity index (χ0n) is 9.83. The third-order valence-corrected chi connectivity index (χ3v) is 2.42. The van der Waals surface area contributed by atoms with Gasteiger partial charge in [-0.3, -0.25) is 0 Å². The molecule has 1 aromatic heterocycles. The van der Waals surface area contributed by atoms with Crippen LogP contribution in [0.3, 0.4) is 0 Å². The highest BCUT2D eigenvalue weighted by Gasteiger charge is 2.20. The molecule has 1 aromatic carbocycles. The van der Waals surface area contributed by atoms with Gasteiger partial charge in [0.15, 0.2) is 0 Å². The molecule has 2 N–H and O–H groups in total. The monoisotopic (exact) mass is 233 g/mol. The molecular formula is C12H15N3O2. The van der Waals surface area contributed by atoms with Crippen molar-refractivity contribution in [2.75, 3.05) is 7.11 Å². The molecule has 1 unspecified atom stereocenters. The van der Waals surface area contributed by atoms with Crippen LogP contribution in [0.25, 0.3) is 0 Å². The zero-order chi connectivity index (χ0) is 12.3. The molecule has 90 valence electrons. The zero-order valence-corrected chi connectivity index (χ0v) is 9.83. The van der Waals surface area contributed by atoms with Gasteiger partial charge in [0.2, 0.25) is 11.7 Å². The molecule has 0 saturated heterocycles. The van der Waals surface area contributed by atoms with Gasteiger partial charge in [-0.1, -0.05) is 35.5 Å². The molecule has 5 nitrogen and oxygen atoms in total. The Morgan fingerprint density at radius 3 is 2.53 bits per heavy atom. The predicted octanol–water partition coefficient (Wildman–Crippen LogP) is 1.83. The molecule has 0 aliphatic rings. The van der Waals surface area contributed by atoms with Gasteiger partial charge in [-0.2, -0.15) is 4.98 Å². The van der Waals surface area contributed by atoms with Crippen molar-refractivity contribution >= 4 is 0 Å². The fraction of sp³-hybridized carbons (Fsp3) is 0.333. The summed E-state index contributed by atoms with van der Waals surface area (Å²) in [6.07, 6.45) is -0.326. The van der Waals surface area contributed by atoms with Gasteiger partial charge in [-0.25, -0.2) is 0 Å². The van der Waals surface area contributed by atoms with Crippen LogP contribution in [0, 0.1) is 0 Å². The van der Waals surface area contributed by atoms with Crippen molar-refractivity contribution in [3.8, 4) is 0 Å². The topological polar surface area (TPSA) is 74.2 Å². The van der Waals surface area contributed by atoms with E-state index >= 15 is 0 Å². The van der Waals surface area contributed by atoms with E-state index in [1.54, 1.807) is 14.0 Å². The Kier molecular flexibility index (Phi) is 3.51. The van der Waals surface area contributed by atoms with E-state index in [1.807, 2.05) is 30.3 Å². The molecule has 0 aliphatic carbocycles. The van der Waals surface area contributed by atoms with Crippen LogP contribution >= 0.6 is 0 Å². The number of rotatable bonds is 4. The summed E-state index contributed by atoms with van der Waals surface area (Å²) in [7, 11) is 1.61. The van der Waals surface area contributed by atoms with Gasteiger partial charge in [0.1, 0.15) is 6.10 Å². The minimum absolute atomic E-state index is 0.274. The highest BCUT2D eigenvalue weighted by atomic mass is 16.5. The van der Waals surface area contributed by atoms with Gasteiger partial charge in [0, 0.05) is 7.11 Å². The number of methoxy groups -OCH3 is 1. The third kappa shape index (κ3) is 2.51. The summed E-state index contributed by atoms with van der Waals surface area (Å²) in [4.78, 5) is 4.23. The molecule has 17 heavy (non-hydrogen) atoms. The molecule has 0 spiro atoms. The molecule has 0 amide bonds. The van der Waals surface area contributed by atoms with Gasteiger partial charge < -0.3 is 15.0 Å². The summed E-state index contributed by atoms with van der Waals surface area (Å²) >= 11 is 0. The maximum Gasteiger partial charge on any atom is 0.243 e. The highest BCUT2D eigenvalue weighted by molar-refractivity contribution is 5.22. The van der Waals surface area contributed by atoms with Gasteiger partial charge in [-0.05, 0) is 12.5 Å². The second-order valence-electron chi connectivity index (χ2n) is 3.81. The van der Waals surface area contributed by atoms with E-state index in [9.17, 15) is 0 Å². The minimum atomic E-state index is -0.326. The summed E-state index contributed by atoms with van der Waals surface area (Å²) in [6.45, 7) is 1.79. The number of ether oxygens (including phenoxy) is 1. The van der Waals surface area contributed by atoms with Crippen LogP contribution in [0.5, 0.6) is 0 Å². The van der Waals surface area contributed by atoms with Crippen LogP contribution in [-0.4, -0.2) is 17.3 Å². The average Bonchev–Trinajstić information content (AvgIpc) is 2.81. The average molecular weight is 233 g/mol. The van der Waals surface area contributed by atoms with E-state index < -0.39 is 0 Å². The SMILES string of the molecule is COC(c1ccccc1)c1noc([C@H](C)N)n1. The molecule has 1 heterocycles. The summed E-state index contributed by atoms with van der Waals surface area (Å²) in [5, 5.41) is 3.89. The highest BCUT2D eigenvalue weighted by Crippen LogP contribution is 2.23. The molecule has 0 fully saturated rings. The van der Waals surface area contributed by atoms with Crippen LogP contribution in [0.15, 0.2) is 34.9 Å². The lowest BCUT2D eigenvalue weighted by atomic mass is 10.1. The normalized spacial score (nSPS) is 14.5. The van der Waals surface area contributed by atoms with Crippen molar-refractivity contribution in [3.05, 3.63) is 47.6 Å². The van der Waals surface area contributed by atoms with Gasteiger partial charge >= 0.3 is 0 Å². The first-order valence-electron chi connectivity index (χ1n) is 5.39. The number of nitrogens with two attached hydrogens (primary N) is 1. The van der Waals surface area contributed by atoms with Crippen LogP contribution in [-0.2, 0) is 4.74 Å². The maximum atomic E-state index is 5.67. The second-order valence-corrected chi connectivity index (χ2v) is 3.81. The Bertz CT molecular complexity index is 468. The summed E-state index contributed by atoms with van der Waals surface area (Å²) in [5.41, 5.74) is 6.65. The van der Waals surface area contributed by atoms with Crippen molar-refractivity contribution in [1.29, 1.82) is 0 Å². The molecule has 0 bridgehead atoms. The molecule has 2 atom stereocenters. The summed E-state index contributed by atoms with van der Waals surface area (Å²) in [6, 6.07) is 9.46. The van der Waals surface area contributed by atoms with E-state index in [4.69, 9.17) is 15.0 Å². The van der Waals surface area contributed by atoms with Crippen molar-refractivity contribution in [3.63, 3.8) is 0 Å². The standard InChI is InChI=1S/C12H15N3O2/c1-8(13)12-14-11(15-17-12)10(16-2)9-6-4-3-5-7-9/h3-8,10H,13H2,1-2H3/t8-,10?/m0/s1. The Hall–Kier alpha value is -1.72. The minimum Gasteiger partial charge on any atom is -0.369 e. The Labute approximate surface area is 99.6 Å². The summed E-state index contributed by atoms with van der Waals surface area (Å²) < 4.78 is 10.5. The lowest BCUT2D eigenvalue weighted by Gasteiger charge is -2.10. The van der Waals surface area contributed by atoms with E-state index in [-0.39, 0.29) is 12.1 Å². The molecule has 0 radical (unpaired) electrons. The van der Waals surface area contributed by atoms with Crippen molar-refractivity contribution < 1.29 is 9.26 Å². The number of hydrogen-bond acceptors (Lipinski definition) is 5. The number of aromatic nitrogens is 2. The smallest absolute Gasteiger partial charge is 0.243 e. The van der Waals surface area contributed by atoms with Crippen LogP contribution in [0.2, 0.25) is 0 Å². The fourth-order valence-electron chi connectivity index (χ4n) is 1.56. The quantitative estimate of drug-likeness (QED) is 0.871. The van der Waals surface area contributed by atoms with Crippen LogP contribution in [0.1, 0.15) is 36.3 Å². The number of nitrogens with zero attached hydrogens (tertiary/aromatic N) is 2. The van der Waals surface area contributed by atoms with Crippen LogP contribution in [0.4, 0.5) is 0 Å². The van der Waals surface area contributed by atoms with E-state index in [0.717, 1.165) is 5.56 Å². The molecule has 2 rings (SSSR count). The first-order chi connectivity index (χ1) is 8.22. The van der Waals surface area contributed by atoms with Crippen molar-refractivity contribution in [1.82, 2.24) is 10.1 Å². The van der Waals surface area contributed by atoms with E-state index in [0.29, 0.717) is 11.7 Å². The maximum absolute atomic E-state index is 5.67. The largest absolute Gasteiger partial charge is 0.369 e. The molecular weight excluding hydrogens is 218 g/mol. The fourth-order valence-corrected chi connectivity index (χ4v) is 1.56.